The van der Waals surface area contributed by atoms with Crippen molar-refractivity contribution in [3.05, 3.63) is 29.3 Å². The number of hydrogen-bond donors (Lipinski definition) is 2. The van der Waals surface area contributed by atoms with E-state index in [1.807, 2.05) is 25.1 Å². The highest BCUT2D eigenvalue weighted by Gasteiger charge is 2.11. The molecule has 14 heavy (non-hydrogen) atoms. The predicted octanol–water partition coefficient (Wildman–Crippen LogP) is 2.41. The summed E-state index contributed by atoms with van der Waals surface area (Å²) in [6, 6.07) is 5.95. The van der Waals surface area contributed by atoms with E-state index in [0.29, 0.717) is 18.2 Å². The van der Waals surface area contributed by atoms with Crippen molar-refractivity contribution < 1.29 is 5.11 Å². The van der Waals surface area contributed by atoms with E-state index in [2.05, 4.69) is 6.92 Å². The van der Waals surface area contributed by atoms with Crippen molar-refractivity contribution >= 4 is 0 Å². The van der Waals surface area contributed by atoms with E-state index in [1.54, 1.807) is 0 Å². The maximum absolute atomic E-state index is 9.95. The zero-order valence-electron chi connectivity index (χ0n) is 8.96. The smallest absolute Gasteiger partial charge is 0.122 e. The van der Waals surface area contributed by atoms with Gasteiger partial charge in [0.15, 0.2) is 0 Å². The molecule has 0 aliphatic carbocycles. The molecular weight excluding hydrogens is 174 g/mol. The first-order valence-electron chi connectivity index (χ1n) is 5.21. The highest BCUT2D eigenvalue weighted by atomic mass is 16.3. The number of phenolic OH excluding ortho intramolecular Hbond substituents is 1. The maximum atomic E-state index is 9.95. The Morgan fingerprint density at radius 1 is 1.43 bits per heavy atom. The predicted molar refractivity (Wildman–Crippen MR) is 59.6 cm³/mol. The van der Waals surface area contributed by atoms with E-state index in [1.165, 1.54) is 0 Å². The first-order chi connectivity index (χ1) is 6.70. The molecule has 0 spiro atoms. The summed E-state index contributed by atoms with van der Waals surface area (Å²) in [5.41, 5.74) is 7.55. The Labute approximate surface area is 85.8 Å². The topological polar surface area (TPSA) is 46.2 Å². The van der Waals surface area contributed by atoms with Crippen molar-refractivity contribution in [2.24, 2.45) is 5.73 Å². The molecule has 1 rings (SSSR count). The molecule has 0 fully saturated rings. The van der Waals surface area contributed by atoms with Crippen molar-refractivity contribution in [1.29, 1.82) is 0 Å². The fraction of sp³-hybridized carbons (Fsp3) is 0.500. The Morgan fingerprint density at radius 3 is 2.71 bits per heavy atom. The molecule has 1 atom stereocenters. The van der Waals surface area contributed by atoms with Gasteiger partial charge in [0.2, 0.25) is 0 Å². The fourth-order valence-corrected chi connectivity index (χ4v) is 1.70. The zero-order chi connectivity index (χ0) is 10.6. The summed E-state index contributed by atoms with van der Waals surface area (Å²) in [7, 11) is 0. The van der Waals surface area contributed by atoms with Crippen LogP contribution in [0, 0.1) is 0 Å². The Morgan fingerprint density at radius 2 is 2.14 bits per heavy atom. The maximum Gasteiger partial charge on any atom is 0.122 e. The van der Waals surface area contributed by atoms with Crippen LogP contribution in [0.4, 0.5) is 0 Å². The van der Waals surface area contributed by atoms with Crippen LogP contribution in [-0.4, -0.2) is 11.7 Å². The number of hydrogen-bond acceptors (Lipinski definition) is 2. The van der Waals surface area contributed by atoms with Crippen molar-refractivity contribution in [1.82, 2.24) is 0 Å². The number of benzene rings is 1. The van der Waals surface area contributed by atoms with Crippen molar-refractivity contribution in [2.45, 2.75) is 32.6 Å². The van der Waals surface area contributed by atoms with E-state index in [0.717, 1.165) is 24.0 Å². The van der Waals surface area contributed by atoms with Crippen LogP contribution in [-0.2, 0) is 6.42 Å². The van der Waals surface area contributed by atoms with Crippen LogP contribution in [0.25, 0.3) is 0 Å². The van der Waals surface area contributed by atoms with Gasteiger partial charge in [0.05, 0.1) is 0 Å². The van der Waals surface area contributed by atoms with Crippen LogP contribution >= 0.6 is 0 Å². The molecule has 78 valence electrons. The molecule has 0 aromatic heterocycles. The Bertz CT molecular complexity index is 296. The fourth-order valence-electron chi connectivity index (χ4n) is 1.70. The molecule has 0 heterocycles. The van der Waals surface area contributed by atoms with Crippen LogP contribution < -0.4 is 5.73 Å². The quantitative estimate of drug-likeness (QED) is 0.771. The van der Waals surface area contributed by atoms with Gasteiger partial charge < -0.3 is 10.8 Å². The molecule has 0 saturated carbocycles. The lowest BCUT2D eigenvalue weighted by Crippen LogP contribution is -2.05. The van der Waals surface area contributed by atoms with Gasteiger partial charge in [0, 0.05) is 0 Å². The number of nitrogens with two attached hydrogens (primary N) is 1. The number of aryl methyl sites for hydroxylation is 1. The second kappa shape index (κ2) is 5.01. The third-order valence-electron chi connectivity index (χ3n) is 2.66. The lowest BCUT2D eigenvalue weighted by Gasteiger charge is -2.14. The molecule has 1 aromatic rings. The molecule has 2 nitrogen and oxygen atoms in total. The molecule has 0 saturated heterocycles. The van der Waals surface area contributed by atoms with Gasteiger partial charge >= 0.3 is 0 Å². The third kappa shape index (κ3) is 2.26. The highest BCUT2D eigenvalue weighted by Crippen LogP contribution is 2.30. The minimum Gasteiger partial charge on any atom is -0.507 e. The Hall–Kier alpha value is -1.02. The Kier molecular flexibility index (Phi) is 3.96. The number of phenols is 1. The number of para-hydroxylation sites is 1. The van der Waals surface area contributed by atoms with Crippen molar-refractivity contribution in [3.63, 3.8) is 0 Å². The third-order valence-corrected chi connectivity index (χ3v) is 2.66. The van der Waals surface area contributed by atoms with Gasteiger partial charge in [0.25, 0.3) is 0 Å². The van der Waals surface area contributed by atoms with Crippen LogP contribution in [0.1, 0.15) is 37.3 Å². The minimum atomic E-state index is 0.339. The molecule has 1 unspecified atom stereocenters. The molecule has 0 bridgehead atoms. The normalized spacial score (nSPS) is 12.8. The summed E-state index contributed by atoms with van der Waals surface area (Å²) in [4.78, 5) is 0. The number of rotatable bonds is 4. The monoisotopic (exact) mass is 193 g/mol. The molecule has 2 heteroatoms. The van der Waals surface area contributed by atoms with Crippen LogP contribution in [0.5, 0.6) is 5.75 Å². The second-order valence-electron chi connectivity index (χ2n) is 3.69. The summed E-state index contributed by atoms with van der Waals surface area (Å²) in [5, 5.41) is 9.95. The first-order valence-corrected chi connectivity index (χ1v) is 5.21. The van der Waals surface area contributed by atoms with E-state index < -0.39 is 0 Å². The average molecular weight is 193 g/mol. The molecular formula is C12H19NO. The van der Waals surface area contributed by atoms with E-state index in [-0.39, 0.29) is 0 Å². The SMILES string of the molecule is CCc1cccc(C(C)CCN)c1O. The lowest BCUT2D eigenvalue weighted by atomic mass is 9.94. The molecule has 3 N–H and O–H groups in total. The standard InChI is InChI=1S/C12H19NO/c1-3-10-5-4-6-11(12(10)14)9(2)7-8-13/h4-6,9,14H,3,7-8,13H2,1-2H3. The molecule has 0 aliphatic rings. The largest absolute Gasteiger partial charge is 0.507 e. The molecule has 0 amide bonds. The first kappa shape index (κ1) is 11.1. The van der Waals surface area contributed by atoms with Crippen LogP contribution in [0.15, 0.2) is 18.2 Å². The van der Waals surface area contributed by atoms with Gasteiger partial charge in [0.1, 0.15) is 5.75 Å². The van der Waals surface area contributed by atoms with Crippen molar-refractivity contribution in [2.75, 3.05) is 6.54 Å². The highest BCUT2D eigenvalue weighted by molar-refractivity contribution is 5.42. The summed E-state index contributed by atoms with van der Waals surface area (Å²) in [6.45, 7) is 4.81. The van der Waals surface area contributed by atoms with Gasteiger partial charge in [-0.25, -0.2) is 0 Å². The van der Waals surface area contributed by atoms with Gasteiger partial charge in [-0.15, -0.1) is 0 Å². The van der Waals surface area contributed by atoms with Gasteiger partial charge in [-0.1, -0.05) is 32.0 Å². The summed E-state index contributed by atoms with van der Waals surface area (Å²) < 4.78 is 0. The summed E-state index contributed by atoms with van der Waals surface area (Å²) >= 11 is 0. The van der Waals surface area contributed by atoms with Gasteiger partial charge in [-0.2, -0.15) is 0 Å². The molecule has 0 radical (unpaired) electrons. The minimum absolute atomic E-state index is 0.339. The molecule has 0 aliphatic heterocycles. The van der Waals surface area contributed by atoms with Crippen LogP contribution in [0.2, 0.25) is 0 Å². The van der Waals surface area contributed by atoms with E-state index in [4.69, 9.17) is 5.73 Å². The van der Waals surface area contributed by atoms with Gasteiger partial charge in [-0.3, -0.25) is 0 Å². The average Bonchev–Trinajstić information content (AvgIpc) is 2.18. The second-order valence-corrected chi connectivity index (χ2v) is 3.69. The van der Waals surface area contributed by atoms with E-state index in [9.17, 15) is 5.11 Å². The number of aromatic hydroxyl groups is 1. The zero-order valence-corrected chi connectivity index (χ0v) is 8.96. The lowest BCUT2D eigenvalue weighted by molar-refractivity contribution is 0.454. The van der Waals surface area contributed by atoms with Crippen molar-refractivity contribution in [3.8, 4) is 5.75 Å². The van der Waals surface area contributed by atoms with Gasteiger partial charge in [-0.05, 0) is 36.4 Å². The van der Waals surface area contributed by atoms with E-state index >= 15 is 0 Å². The Balaban J connectivity index is 2.96. The molecule has 1 aromatic carbocycles. The van der Waals surface area contributed by atoms with Crippen LogP contribution in [0.3, 0.4) is 0 Å². The summed E-state index contributed by atoms with van der Waals surface area (Å²) in [6.07, 6.45) is 1.79. The summed E-state index contributed by atoms with van der Waals surface area (Å²) in [5.74, 6) is 0.794.